The van der Waals surface area contributed by atoms with Gasteiger partial charge >= 0.3 is 0 Å². The molecule has 0 spiro atoms. The Kier molecular flexibility index (Phi) is 3.66. The van der Waals surface area contributed by atoms with Crippen LogP contribution in [-0.2, 0) is 17.9 Å². The van der Waals surface area contributed by atoms with Gasteiger partial charge in [-0.1, -0.05) is 12.1 Å². The molecule has 0 bridgehead atoms. The number of furan rings is 1. The summed E-state index contributed by atoms with van der Waals surface area (Å²) in [4.78, 5) is 0. The van der Waals surface area contributed by atoms with Gasteiger partial charge in [0.15, 0.2) is 11.3 Å². The molecule has 0 amide bonds. The third kappa shape index (κ3) is 2.14. The third-order valence-corrected chi connectivity index (χ3v) is 2.64. The van der Waals surface area contributed by atoms with Gasteiger partial charge in [-0.15, -0.1) is 0 Å². The molecule has 1 aromatic heterocycles. The van der Waals surface area contributed by atoms with Crippen LogP contribution in [0.3, 0.4) is 0 Å². The molecule has 4 heteroatoms. The van der Waals surface area contributed by atoms with Crippen LogP contribution in [0, 0.1) is 0 Å². The summed E-state index contributed by atoms with van der Waals surface area (Å²) in [5.41, 5.74) is 7.44. The highest BCUT2D eigenvalue weighted by molar-refractivity contribution is 5.87. The number of methoxy groups -OCH3 is 1. The van der Waals surface area contributed by atoms with Gasteiger partial charge in [-0.05, 0) is 13.0 Å². The maximum Gasteiger partial charge on any atom is 0.176 e. The van der Waals surface area contributed by atoms with Crippen molar-refractivity contribution in [2.75, 3.05) is 13.7 Å². The molecule has 2 rings (SSSR count). The Balaban J connectivity index is 2.59. The van der Waals surface area contributed by atoms with Crippen LogP contribution < -0.4 is 10.5 Å². The summed E-state index contributed by atoms with van der Waals surface area (Å²) in [5, 5.41) is 1.01. The van der Waals surface area contributed by atoms with E-state index in [0.29, 0.717) is 19.8 Å². The van der Waals surface area contributed by atoms with Gasteiger partial charge in [0, 0.05) is 18.1 Å². The molecule has 0 fully saturated rings. The first kappa shape index (κ1) is 12.0. The molecule has 4 nitrogen and oxygen atoms in total. The van der Waals surface area contributed by atoms with E-state index in [2.05, 4.69) is 0 Å². The van der Waals surface area contributed by atoms with Gasteiger partial charge in [0.1, 0.15) is 5.76 Å². The zero-order valence-electron chi connectivity index (χ0n) is 10.2. The van der Waals surface area contributed by atoms with Gasteiger partial charge in [0.25, 0.3) is 0 Å². The Bertz CT molecular complexity index is 505. The van der Waals surface area contributed by atoms with Crippen molar-refractivity contribution < 1.29 is 13.9 Å². The SMILES string of the molecule is CCOc1cccc2c(COC)c(CN)oc12. The molecule has 0 radical (unpaired) electrons. The van der Waals surface area contributed by atoms with Gasteiger partial charge in [0.2, 0.25) is 0 Å². The van der Waals surface area contributed by atoms with Gasteiger partial charge in [-0.25, -0.2) is 0 Å². The minimum absolute atomic E-state index is 0.360. The highest BCUT2D eigenvalue weighted by atomic mass is 16.5. The molecular weight excluding hydrogens is 218 g/mol. The van der Waals surface area contributed by atoms with Crippen molar-refractivity contribution in [3.8, 4) is 5.75 Å². The van der Waals surface area contributed by atoms with Crippen molar-refractivity contribution in [3.63, 3.8) is 0 Å². The standard InChI is InChI=1S/C13H17NO3/c1-3-16-11-6-4-5-9-10(8-15-2)12(7-14)17-13(9)11/h4-6H,3,7-8,14H2,1-2H3. The third-order valence-electron chi connectivity index (χ3n) is 2.64. The summed E-state index contributed by atoms with van der Waals surface area (Å²) in [7, 11) is 1.66. The van der Waals surface area contributed by atoms with Crippen LogP contribution in [0.15, 0.2) is 22.6 Å². The topological polar surface area (TPSA) is 57.6 Å². The fraction of sp³-hybridized carbons (Fsp3) is 0.385. The van der Waals surface area contributed by atoms with E-state index in [1.165, 1.54) is 0 Å². The van der Waals surface area contributed by atoms with Crippen LogP contribution in [0.5, 0.6) is 5.75 Å². The number of para-hydroxylation sites is 1. The summed E-state index contributed by atoms with van der Waals surface area (Å²) < 4.78 is 16.5. The van der Waals surface area contributed by atoms with Crippen LogP contribution in [0.1, 0.15) is 18.2 Å². The quantitative estimate of drug-likeness (QED) is 0.864. The number of ether oxygens (including phenoxy) is 2. The number of nitrogens with two attached hydrogens (primary N) is 1. The summed E-state index contributed by atoms with van der Waals surface area (Å²) in [6, 6.07) is 5.84. The molecule has 0 aliphatic heterocycles. The second-order valence-corrected chi connectivity index (χ2v) is 3.71. The van der Waals surface area contributed by atoms with E-state index in [-0.39, 0.29) is 0 Å². The average Bonchev–Trinajstić information content (AvgIpc) is 2.70. The van der Waals surface area contributed by atoms with Gasteiger partial charge in [0.05, 0.1) is 19.8 Å². The van der Waals surface area contributed by atoms with Crippen molar-refractivity contribution in [3.05, 3.63) is 29.5 Å². The second kappa shape index (κ2) is 5.21. The molecule has 92 valence electrons. The van der Waals surface area contributed by atoms with Gasteiger partial charge < -0.3 is 19.6 Å². The maximum absolute atomic E-state index is 5.75. The van der Waals surface area contributed by atoms with Crippen LogP contribution >= 0.6 is 0 Å². The molecule has 17 heavy (non-hydrogen) atoms. The maximum atomic E-state index is 5.75. The monoisotopic (exact) mass is 235 g/mol. The lowest BCUT2D eigenvalue weighted by Gasteiger charge is -2.02. The molecular formula is C13H17NO3. The van der Waals surface area contributed by atoms with E-state index < -0.39 is 0 Å². The predicted octanol–water partition coefficient (Wildman–Crippen LogP) is 2.44. The smallest absolute Gasteiger partial charge is 0.176 e. The highest BCUT2D eigenvalue weighted by Crippen LogP contribution is 2.33. The molecule has 1 aromatic carbocycles. The lowest BCUT2D eigenvalue weighted by Crippen LogP contribution is -1.99. The predicted molar refractivity (Wildman–Crippen MR) is 66.0 cm³/mol. The zero-order valence-corrected chi connectivity index (χ0v) is 10.2. The molecule has 0 saturated carbocycles. The molecule has 0 atom stereocenters. The number of hydrogen-bond donors (Lipinski definition) is 1. The summed E-state index contributed by atoms with van der Waals surface area (Å²) in [6.07, 6.45) is 0. The number of rotatable bonds is 5. The van der Waals surface area contributed by atoms with Crippen molar-refractivity contribution in [1.82, 2.24) is 0 Å². The van der Waals surface area contributed by atoms with Crippen LogP contribution in [0.25, 0.3) is 11.0 Å². The molecule has 0 saturated heterocycles. The van der Waals surface area contributed by atoms with Crippen molar-refractivity contribution in [2.24, 2.45) is 5.73 Å². The minimum Gasteiger partial charge on any atom is -0.490 e. The second-order valence-electron chi connectivity index (χ2n) is 3.71. The molecule has 2 N–H and O–H groups in total. The first-order valence-electron chi connectivity index (χ1n) is 5.66. The number of benzene rings is 1. The molecule has 0 aliphatic rings. The fourth-order valence-electron chi connectivity index (χ4n) is 1.93. The minimum atomic E-state index is 0.360. The van der Waals surface area contributed by atoms with Gasteiger partial charge in [-0.2, -0.15) is 0 Å². The molecule has 0 unspecified atom stereocenters. The first-order chi connectivity index (χ1) is 8.31. The largest absolute Gasteiger partial charge is 0.490 e. The molecule has 1 heterocycles. The first-order valence-corrected chi connectivity index (χ1v) is 5.66. The highest BCUT2D eigenvalue weighted by Gasteiger charge is 2.15. The summed E-state index contributed by atoms with van der Waals surface area (Å²) >= 11 is 0. The Labute approximate surface area is 100 Å². The summed E-state index contributed by atoms with van der Waals surface area (Å²) in [5.74, 6) is 1.51. The van der Waals surface area contributed by atoms with E-state index in [0.717, 1.165) is 28.0 Å². The van der Waals surface area contributed by atoms with Gasteiger partial charge in [-0.3, -0.25) is 0 Å². The average molecular weight is 235 g/mol. The van der Waals surface area contributed by atoms with E-state index in [1.807, 2.05) is 25.1 Å². The molecule has 2 aromatic rings. The Morgan fingerprint density at radius 1 is 1.35 bits per heavy atom. The molecule has 0 aliphatic carbocycles. The van der Waals surface area contributed by atoms with Crippen LogP contribution in [0.2, 0.25) is 0 Å². The van der Waals surface area contributed by atoms with Crippen molar-refractivity contribution >= 4 is 11.0 Å². The number of fused-ring (bicyclic) bond motifs is 1. The summed E-state index contributed by atoms with van der Waals surface area (Å²) in [6.45, 7) is 3.41. The lowest BCUT2D eigenvalue weighted by atomic mass is 10.1. The van der Waals surface area contributed by atoms with Crippen LogP contribution in [0.4, 0.5) is 0 Å². The Hall–Kier alpha value is -1.52. The van der Waals surface area contributed by atoms with E-state index >= 15 is 0 Å². The van der Waals surface area contributed by atoms with Crippen molar-refractivity contribution in [1.29, 1.82) is 0 Å². The zero-order chi connectivity index (χ0) is 12.3. The lowest BCUT2D eigenvalue weighted by molar-refractivity contribution is 0.184. The van der Waals surface area contributed by atoms with E-state index in [4.69, 9.17) is 19.6 Å². The normalized spacial score (nSPS) is 11.0. The Morgan fingerprint density at radius 2 is 2.18 bits per heavy atom. The fourth-order valence-corrected chi connectivity index (χ4v) is 1.93. The number of hydrogen-bond acceptors (Lipinski definition) is 4. The van der Waals surface area contributed by atoms with Crippen molar-refractivity contribution in [2.45, 2.75) is 20.1 Å². The van der Waals surface area contributed by atoms with E-state index in [1.54, 1.807) is 7.11 Å². The van der Waals surface area contributed by atoms with E-state index in [9.17, 15) is 0 Å². The van der Waals surface area contributed by atoms with Crippen LogP contribution in [-0.4, -0.2) is 13.7 Å². The Morgan fingerprint density at radius 3 is 2.82 bits per heavy atom.